The van der Waals surface area contributed by atoms with Gasteiger partial charge in [0.1, 0.15) is 0 Å². The molecule has 3 N–H and O–H groups in total. The highest BCUT2D eigenvalue weighted by Gasteiger charge is 2.25. The van der Waals surface area contributed by atoms with Crippen molar-refractivity contribution in [1.82, 2.24) is 10.2 Å². The summed E-state index contributed by atoms with van der Waals surface area (Å²) in [7, 11) is 0. The van der Waals surface area contributed by atoms with Gasteiger partial charge in [0.2, 0.25) is 11.8 Å². The van der Waals surface area contributed by atoms with E-state index in [1.54, 1.807) is 4.90 Å². The van der Waals surface area contributed by atoms with E-state index >= 15 is 0 Å². The first-order chi connectivity index (χ1) is 7.15. The maximum absolute atomic E-state index is 11.5. The van der Waals surface area contributed by atoms with Gasteiger partial charge in [0.25, 0.3) is 0 Å². The molecule has 0 unspecified atom stereocenters. The van der Waals surface area contributed by atoms with Crippen LogP contribution in [-0.4, -0.2) is 42.4 Å². The fourth-order valence-corrected chi connectivity index (χ4v) is 1.92. The van der Waals surface area contributed by atoms with E-state index in [9.17, 15) is 9.59 Å². The largest absolute Gasteiger partial charge is 0.354 e. The molecular formula is C10H19N3O2. The third-order valence-corrected chi connectivity index (χ3v) is 2.71. The Kier molecular flexibility index (Phi) is 4.55. The first kappa shape index (κ1) is 12.0. The molecule has 1 aliphatic heterocycles. The zero-order valence-corrected chi connectivity index (χ0v) is 9.16. The Bertz CT molecular complexity index is 243. The number of hydrogen-bond donors (Lipinski definition) is 2. The highest BCUT2D eigenvalue weighted by atomic mass is 16.2. The summed E-state index contributed by atoms with van der Waals surface area (Å²) in [5.41, 5.74) is 5.34. The minimum absolute atomic E-state index is 0.0231. The summed E-state index contributed by atoms with van der Waals surface area (Å²) < 4.78 is 0. The van der Waals surface area contributed by atoms with E-state index in [0.29, 0.717) is 6.54 Å². The summed E-state index contributed by atoms with van der Waals surface area (Å²) in [5.74, 6) is -0.0780. The second kappa shape index (κ2) is 5.70. The first-order valence-corrected chi connectivity index (χ1v) is 5.39. The Morgan fingerprint density at radius 2 is 2.20 bits per heavy atom. The van der Waals surface area contributed by atoms with Gasteiger partial charge in [-0.15, -0.1) is 0 Å². The topological polar surface area (TPSA) is 75.4 Å². The monoisotopic (exact) mass is 213 g/mol. The molecule has 0 spiro atoms. The van der Waals surface area contributed by atoms with Crippen LogP contribution in [0.15, 0.2) is 0 Å². The van der Waals surface area contributed by atoms with E-state index in [1.165, 1.54) is 6.92 Å². The third-order valence-electron chi connectivity index (χ3n) is 2.71. The van der Waals surface area contributed by atoms with Crippen molar-refractivity contribution in [3.63, 3.8) is 0 Å². The first-order valence-electron chi connectivity index (χ1n) is 5.39. The van der Waals surface area contributed by atoms with Gasteiger partial charge in [-0.2, -0.15) is 0 Å². The number of rotatable bonds is 3. The molecule has 0 saturated carbocycles. The molecule has 0 bridgehead atoms. The SMILES string of the molecule is CC(=O)NC[C@@H]1CCCCN1C(=O)CN. The van der Waals surface area contributed by atoms with Crippen molar-refractivity contribution in [2.45, 2.75) is 32.2 Å². The van der Waals surface area contributed by atoms with E-state index in [4.69, 9.17) is 5.73 Å². The molecule has 5 heteroatoms. The van der Waals surface area contributed by atoms with Gasteiger partial charge >= 0.3 is 0 Å². The minimum Gasteiger partial charge on any atom is -0.354 e. The van der Waals surface area contributed by atoms with Crippen molar-refractivity contribution in [3.8, 4) is 0 Å². The maximum Gasteiger partial charge on any atom is 0.236 e. The standard InChI is InChI=1S/C10H19N3O2/c1-8(14)12-7-9-4-2-3-5-13(9)10(15)6-11/h9H,2-7,11H2,1H3,(H,12,14)/t9-/m0/s1. The van der Waals surface area contributed by atoms with Gasteiger partial charge < -0.3 is 16.0 Å². The second-order valence-electron chi connectivity index (χ2n) is 3.88. The highest BCUT2D eigenvalue weighted by molar-refractivity contribution is 5.78. The lowest BCUT2D eigenvalue weighted by Crippen LogP contribution is -2.50. The molecule has 0 aliphatic carbocycles. The molecular weight excluding hydrogens is 194 g/mol. The molecule has 1 fully saturated rings. The van der Waals surface area contributed by atoms with Crippen molar-refractivity contribution < 1.29 is 9.59 Å². The second-order valence-corrected chi connectivity index (χ2v) is 3.88. The van der Waals surface area contributed by atoms with E-state index < -0.39 is 0 Å². The Labute approximate surface area is 90.0 Å². The summed E-state index contributed by atoms with van der Waals surface area (Å²) in [6, 6.07) is 0.124. The predicted molar refractivity (Wildman–Crippen MR) is 57.1 cm³/mol. The smallest absolute Gasteiger partial charge is 0.236 e. The fraction of sp³-hybridized carbons (Fsp3) is 0.800. The number of nitrogens with zero attached hydrogens (tertiary/aromatic N) is 1. The van der Waals surface area contributed by atoms with E-state index in [-0.39, 0.29) is 24.4 Å². The summed E-state index contributed by atoms with van der Waals surface area (Å²) in [4.78, 5) is 24.1. The van der Waals surface area contributed by atoms with E-state index in [2.05, 4.69) is 5.32 Å². The number of hydrogen-bond acceptors (Lipinski definition) is 3. The Morgan fingerprint density at radius 1 is 1.47 bits per heavy atom. The summed E-state index contributed by atoms with van der Waals surface area (Å²) in [6.45, 7) is 2.84. The molecule has 1 aliphatic rings. The molecule has 86 valence electrons. The number of amides is 2. The van der Waals surface area contributed by atoms with Crippen LogP contribution in [-0.2, 0) is 9.59 Å². The zero-order valence-electron chi connectivity index (χ0n) is 9.16. The number of carbonyl (C=O) groups is 2. The molecule has 1 atom stereocenters. The number of likely N-dealkylation sites (tertiary alicyclic amines) is 1. The van der Waals surface area contributed by atoms with Crippen LogP contribution in [0.2, 0.25) is 0 Å². The number of carbonyl (C=O) groups excluding carboxylic acids is 2. The van der Waals surface area contributed by atoms with Gasteiger partial charge in [-0.1, -0.05) is 0 Å². The van der Waals surface area contributed by atoms with Gasteiger partial charge in [0, 0.05) is 26.1 Å². The van der Waals surface area contributed by atoms with Crippen LogP contribution in [0.4, 0.5) is 0 Å². The van der Waals surface area contributed by atoms with E-state index in [0.717, 1.165) is 25.8 Å². The van der Waals surface area contributed by atoms with Crippen molar-refractivity contribution in [2.24, 2.45) is 5.73 Å². The third kappa shape index (κ3) is 3.51. The minimum atomic E-state index is -0.0549. The quantitative estimate of drug-likeness (QED) is 0.661. The molecule has 0 aromatic carbocycles. The lowest BCUT2D eigenvalue weighted by atomic mass is 10.0. The molecule has 0 aromatic rings. The summed E-state index contributed by atoms with van der Waals surface area (Å²) >= 11 is 0. The van der Waals surface area contributed by atoms with Crippen molar-refractivity contribution in [2.75, 3.05) is 19.6 Å². The molecule has 1 rings (SSSR count). The molecule has 0 radical (unpaired) electrons. The van der Waals surface area contributed by atoms with Gasteiger partial charge in [0.15, 0.2) is 0 Å². The molecule has 5 nitrogen and oxygen atoms in total. The van der Waals surface area contributed by atoms with Gasteiger partial charge in [0.05, 0.1) is 6.54 Å². The summed E-state index contributed by atoms with van der Waals surface area (Å²) in [5, 5.41) is 2.75. The average Bonchev–Trinajstić information content (AvgIpc) is 2.25. The van der Waals surface area contributed by atoms with Gasteiger partial charge in [-0.3, -0.25) is 9.59 Å². The van der Waals surface area contributed by atoms with Crippen LogP contribution in [0.25, 0.3) is 0 Å². The normalized spacial score (nSPS) is 21.2. The highest BCUT2D eigenvalue weighted by Crippen LogP contribution is 2.16. The van der Waals surface area contributed by atoms with E-state index in [1.807, 2.05) is 0 Å². The number of nitrogens with two attached hydrogens (primary N) is 1. The molecule has 0 aromatic heterocycles. The van der Waals surface area contributed by atoms with Crippen LogP contribution >= 0.6 is 0 Å². The predicted octanol–water partition coefficient (Wildman–Crippen LogP) is -0.538. The van der Waals surface area contributed by atoms with Crippen molar-refractivity contribution in [3.05, 3.63) is 0 Å². The van der Waals surface area contributed by atoms with Gasteiger partial charge in [-0.25, -0.2) is 0 Å². The van der Waals surface area contributed by atoms with Crippen LogP contribution in [0.1, 0.15) is 26.2 Å². The molecule has 1 saturated heterocycles. The van der Waals surface area contributed by atoms with Crippen LogP contribution < -0.4 is 11.1 Å². The van der Waals surface area contributed by atoms with Crippen LogP contribution in [0.5, 0.6) is 0 Å². The van der Waals surface area contributed by atoms with Gasteiger partial charge in [-0.05, 0) is 19.3 Å². The lowest BCUT2D eigenvalue weighted by molar-refractivity contribution is -0.133. The summed E-state index contributed by atoms with van der Waals surface area (Å²) in [6.07, 6.45) is 3.09. The Hall–Kier alpha value is -1.10. The molecule has 2 amide bonds. The average molecular weight is 213 g/mol. The van der Waals surface area contributed by atoms with Crippen molar-refractivity contribution >= 4 is 11.8 Å². The number of nitrogens with one attached hydrogen (secondary N) is 1. The molecule has 1 heterocycles. The van der Waals surface area contributed by atoms with Crippen LogP contribution in [0.3, 0.4) is 0 Å². The maximum atomic E-state index is 11.5. The van der Waals surface area contributed by atoms with Crippen molar-refractivity contribution in [1.29, 1.82) is 0 Å². The lowest BCUT2D eigenvalue weighted by Gasteiger charge is -2.35. The number of piperidine rings is 1. The zero-order chi connectivity index (χ0) is 11.3. The molecule has 15 heavy (non-hydrogen) atoms. The Balaban J connectivity index is 2.49. The van der Waals surface area contributed by atoms with Crippen LogP contribution in [0, 0.1) is 0 Å². The Morgan fingerprint density at radius 3 is 2.80 bits per heavy atom. The fourth-order valence-electron chi connectivity index (χ4n) is 1.92.